The second kappa shape index (κ2) is 6.31. The van der Waals surface area contributed by atoms with Gasteiger partial charge >= 0.3 is 0 Å². The first kappa shape index (κ1) is 16.0. The van der Waals surface area contributed by atoms with E-state index in [-0.39, 0.29) is 11.8 Å². The van der Waals surface area contributed by atoms with Crippen LogP contribution in [0.4, 0.5) is 11.5 Å². The molecule has 0 aliphatic carbocycles. The zero-order valence-electron chi connectivity index (χ0n) is 13.9. The van der Waals surface area contributed by atoms with Gasteiger partial charge < -0.3 is 10.2 Å². The van der Waals surface area contributed by atoms with Crippen molar-refractivity contribution in [2.24, 2.45) is 7.05 Å². The van der Waals surface area contributed by atoms with Crippen LogP contribution in [0.3, 0.4) is 0 Å². The summed E-state index contributed by atoms with van der Waals surface area (Å²) in [5.74, 6) is 0.167. The summed E-state index contributed by atoms with van der Waals surface area (Å²) in [6.07, 6.45) is 5.49. The van der Waals surface area contributed by atoms with Crippen LogP contribution in [0.15, 0.2) is 30.7 Å². The van der Waals surface area contributed by atoms with E-state index in [1.807, 2.05) is 19.0 Å². The summed E-state index contributed by atoms with van der Waals surface area (Å²) < 4.78 is 1.65. The van der Waals surface area contributed by atoms with Gasteiger partial charge in [0, 0.05) is 52.3 Å². The van der Waals surface area contributed by atoms with Gasteiger partial charge in [-0.05, 0) is 12.5 Å². The van der Waals surface area contributed by atoms with Gasteiger partial charge in [0.1, 0.15) is 6.04 Å². The van der Waals surface area contributed by atoms with Crippen molar-refractivity contribution in [2.45, 2.75) is 12.5 Å². The van der Waals surface area contributed by atoms with E-state index in [1.165, 1.54) is 6.20 Å². The van der Waals surface area contributed by atoms with Gasteiger partial charge in [0.2, 0.25) is 0 Å². The molecule has 24 heavy (non-hydrogen) atoms. The topological polar surface area (TPSA) is 83.4 Å². The average molecular weight is 328 g/mol. The Morgan fingerprint density at radius 2 is 2.17 bits per heavy atom. The number of hydrogen-bond acceptors (Lipinski definition) is 5. The zero-order valence-corrected chi connectivity index (χ0v) is 13.9. The third kappa shape index (κ3) is 2.94. The molecule has 1 N–H and O–H groups in total. The van der Waals surface area contributed by atoms with Gasteiger partial charge in [-0.3, -0.25) is 24.2 Å². The Morgan fingerprint density at radius 3 is 2.83 bits per heavy atom. The minimum Gasteiger partial charge on any atom is -0.377 e. The molecular formula is C16H20N6O2. The highest BCUT2D eigenvalue weighted by Gasteiger charge is 2.35. The molecule has 0 saturated carbocycles. The number of rotatable bonds is 4. The van der Waals surface area contributed by atoms with E-state index in [1.54, 1.807) is 41.2 Å². The maximum Gasteiger partial charge on any atom is 0.255 e. The summed E-state index contributed by atoms with van der Waals surface area (Å²) in [6.45, 7) is 0.536. The fourth-order valence-corrected chi connectivity index (χ4v) is 2.78. The van der Waals surface area contributed by atoms with Crippen LogP contribution in [0.5, 0.6) is 0 Å². The SMILES string of the molecule is CN(C)c1ccncc1C(=O)NC1CCN(c2ccn(C)n2)C1=O. The smallest absolute Gasteiger partial charge is 0.255 e. The lowest BCUT2D eigenvalue weighted by atomic mass is 10.2. The number of carbonyl (C=O) groups is 2. The Balaban J connectivity index is 1.73. The third-order valence-corrected chi connectivity index (χ3v) is 4.01. The number of hydrogen-bond donors (Lipinski definition) is 1. The van der Waals surface area contributed by atoms with E-state index < -0.39 is 6.04 Å². The monoisotopic (exact) mass is 328 g/mol. The molecule has 2 amide bonds. The summed E-state index contributed by atoms with van der Waals surface area (Å²) >= 11 is 0. The molecule has 0 spiro atoms. The minimum atomic E-state index is -0.547. The van der Waals surface area contributed by atoms with Crippen molar-refractivity contribution in [2.75, 3.05) is 30.4 Å². The van der Waals surface area contributed by atoms with Crippen molar-refractivity contribution < 1.29 is 9.59 Å². The number of anilines is 2. The molecule has 8 heteroatoms. The van der Waals surface area contributed by atoms with Crippen molar-refractivity contribution in [1.29, 1.82) is 0 Å². The van der Waals surface area contributed by atoms with E-state index in [4.69, 9.17) is 0 Å². The first-order valence-corrected chi connectivity index (χ1v) is 7.70. The molecule has 1 unspecified atom stereocenters. The van der Waals surface area contributed by atoms with Crippen LogP contribution in [-0.2, 0) is 11.8 Å². The van der Waals surface area contributed by atoms with Gasteiger partial charge in [-0.15, -0.1) is 0 Å². The van der Waals surface area contributed by atoms with Crippen LogP contribution < -0.4 is 15.1 Å². The molecule has 2 aromatic heterocycles. The maximum atomic E-state index is 12.6. The molecule has 1 aliphatic rings. The number of amides is 2. The number of nitrogens with zero attached hydrogens (tertiary/aromatic N) is 5. The number of pyridine rings is 1. The number of aryl methyl sites for hydroxylation is 1. The van der Waals surface area contributed by atoms with Crippen molar-refractivity contribution in [1.82, 2.24) is 20.1 Å². The van der Waals surface area contributed by atoms with Gasteiger partial charge in [-0.25, -0.2) is 0 Å². The zero-order chi connectivity index (χ0) is 17.3. The predicted octanol–water partition coefficient (Wildman–Crippen LogP) is 0.416. The van der Waals surface area contributed by atoms with Crippen LogP contribution >= 0.6 is 0 Å². The van der Waals surface area contributed by atoms with E-state index in [9.17, 15) is 9.59 Å². The van der Waals surface area contributed by atoms with E-state index >= 15 is 0 Å². The Bertz CT molecular complexity index is 769. The Hall–Kier alpha value is -2.90. The highest BCUT2D eigenvalue weighted by molar-refractivity contribution is 6.05. The van der Waals surface area contributed by atoms with Crippen molar-refractivity contribution in [3.05, 3.63) is 36.3 Å². The molecule has 2 aromatic rings. The van der Waals surface area contributed by atoms with Crippen molar-refractivity contribution >= 4 is 23.3 Å². The normalized spacial score (nSPS) is 17.2. The summed E-state index contributed by atoms with van der Waals surface area (Å²) in [5, 5.41) is 7.06. The summed E-state index contributed by atoms with van der Waals surface area (Å²) in [6, 6.07) is 3.01. The molecule has 0 aromatic carbocycles. The molecule has 1 fully saturated rings. The average Bonchev–Trinajstić information content (AvgIpc) is 3.14. The fourth-order valence-electron chi connectivity index (χ4n) is 2.78. The largest absolute Gasteiger partial charge is 0.377 e. The van der Waals surface area contributed by atoms with Gasteiger partial charge in [-0.1, -0.05) is 0 Å². The number of carbonyl (C=O) groups excluding carboxylic acids is 2. The van der Waals surface area contributed by atoms with Crippen LogP contribution in [0.25, 0.3) is 0 Å². The fraction of sp³-hybridized carbons (Fsp3) is 0.375. The minimum absolute atomic E-state index is 0.141. The number of nitrogens with one attached hydrogen (secondary N) is 1. The standard InChI is InChI=1S/C16H20N6O2/c1-20(2)13-4-7-17-10-11(13)15(23)18-12-5-9-22(16(12)24)14-6-8-21(3)19-14/h4,6-8,10,12H,5,9H2,1-3H3,(H,18,23). The summed E-state index contributed by atoms with van der Waals surface area (Å²) in [5.41, 5.74) is 1.21. The van der Waals surface area contributed by atoms with Crippen LogP contribution in [-0.4, -0.2) is 53.3 Å². The molecule has 3 rings (SSSR count). The molecule has 1 atom stereocenters. The lowest BCUT2D eigenvalue weighted by molar-refractivity contribution is -0.118. The van der Waals surface area contributed by atoms with E-state index in [0.29, 0.717) is 24.3 Å². The van der Waals surface area contributed by atoms with Crippen molar-refractivity contribution in [3.8, 4) is 0 Å². The highest BCUT2D eigenvalue weighted by atomic mass is 16.2. The van der Waals surface area contributed by atoms with Crippen molar-refractivity contribution in [3.63, 3.8) is 0 Å². The Kier molecular flexibility index (Phi) is 4.20. The first-order valence-electron chi connectivity index (χ1n) is 7.70. The Labute approximate surface area is 140 Å². The predicted molar refractivity (Wildman–Crippen MR) is 90.0 cm³/mol. The molecule has 126 valence electrons. The second-order valence-electron chi connectivity index (χ2n) is 5.94. The first-order chi connectivity index (χ1) is 11.5. The van der Waals surface area contributed by atoms with Crippen LogP contribution in [0, 0.1) is 0 Å². The number of aromatic nitrogens is 3. The van der Waals surface area contributed by atoms with Gasteiger partial charge in [-0.2, -0.15) is 5.10 Å². The van der Waals surface area contributed by atoms with Gasteiger partial charge in [0.05, 0.1) is 11.3 Å². The molecule has 8 nitrogen and oxygen atoms in total. The van der Waals surface area contributed by atoms with E-state index in [2.05, 4.69) is 15.4 Å². The van der Waals surface area contributed by atoms with Crippen LogP contribution in [0.1, 0.15) is 16.8 Å². The quantitative estimate of drug-likeness (QED) is 0.879. The van der Waals surface area contributed by atoms with Gasteiger partial charge in [0.15, 0.2) is 5.82 Å². The summed E-state index contributed by atoms with van der Waals surface area (Å²) in [7, 11) is 5.51. The lowest BCUT2D eigenvalue weighted by Crippen LogP contribution is -2.42. The third-order valence-electron chi connectivity index (χ3n) is 4.01. The lowest BCUT2D eigenvalue weighted by Gasteiger charge is -2.18. The maximum absolute atomic E-state index is 12.6. The molecular weight excluding hydrogens is 308 g/mol. The highest BCUT2D eigenvalue weighted by Crippen LogP contribution is 2.21. The molecule has 0 radical (unpaired) electrons. The summed E-state index contributed by atoms with van der Waals surface area (Å²) in [4.78, 5) is 32.5. The second-order valence-corrected chi connectivity index (χ2v) is 5.94. The Morgan fingerprint density at radius 1 is 1.38 bits per heavy atom. The molecule has 0 bridgehead atoms. The molecule has 3 heterocycles. The molecule has 1 aliphatic heterocycles. The van der Waals surface area contributed by atoms with Gasteiger partial charge in [0.25, 0.3) is 11.8 Å². The van der Waals surface area contributed by atoms with E-state index in [0.717, 1.165) is 5.69 Å². The molecule has 1 saturated heterocycles. The van der Waals surface area contributed by atoms with Crippen LogP contribution in [0.2, 0.25) is 0 Å².